The molecular weight excluding hydrogens is 1040 g/mol. The molecule has 6 heterocycles. The zero-order chi connectivity index (χ0) is 56.6. The summed E-state index contributed by atoms with van der Waals surface area (Å²) in [6.45, 7) is 5.14. The van der Waals surface area contributed by atoms with E-state index in [4.69, 9.17) is 23.7 Å². The van der Waals surface area contributed by atoms with E-state index >= 15 is 19.2 Å². The van der Waals surface area contributed by atoms with Crippen molar-refractivity contribution in [3.8, 4) is 29.1 Å². The number of fused-ring (bicyclic) bond motifs is 5. The minimum absolute atomic E-state index is 0.108. The van der Waals surface area contributed by atoms with Crippen molar-refractivity contribution in [2.75, 3.05) is 58.2 Å². The van der Waals surface area contributed by atoms with E-state index in [2.05, 4.69) is 32.4 Å². The number of hydrogen-bond acceptors (Lipinski definition) is 15. The first-order valence-corrected chi connectivity index (χ1v) is 27.4. The quantitative estimate of drug-likeness (QED) is 0.0934. The van der Waals surface area contributed by atoms with Crippen molar-refractivity contribution >= 4 is 46.5 Å². The molecule has 19 nitrogen and oxygen atoms in total. The number of ether oxygens (including phenoxy) is 5. The molecule has 5 aliphatic rings. The van der Waals surface area contributed by atoms with E-state index in [1.54, 1.807) is 65.9 Å². The molecule has 0 aliphatic carbocycles. The van der Waals surface area contributed by atoms with Crippen LogP contribution in [0.25, 0.3) is 11.0 Å². The van der Waals surface area contributed by atoms with Crippen molar-refractivity contribution in [1.82, 2.24) is 35.0 Å². The van der Waals surface area contributed by atoms with E-state index in [0.29, 0.717) is 58.9 Å². The highest BCUT2D eigenvalue weighted by atomic mass is 16.7. The minimum Gasteiger partial charge on any atom is -0.491 e. The lowest BCUT2D eigenvalue weighted by Gasteiger charge is -2.46. The number of imide groups is 1. The largest absolute Gasteiger partial charge is 0.491 e. The van der Waals surface area contributed by atoms with E-state index in [1.165, 1.54) is 7.11 Å². The molecule has 1 aromatic heterocycles. The van der Waals surface area contributed by atoms with Gasteiger partial charge in [-0.3, -0.25) is 24.2 Å². The van der Waals surface area contributed by atoms with Gasteiger partial charge in [0.05, 0.1) is 42.9 Å². The number of morpholine rings is 1. The third-order valence-corrected chi connectivity index (χ3v) is 16.3. The van der Waals surface area contributed by atoms with Crippen molar-refractivity contribution in [3.63, 3.8) is 0 Å². The molecule has 82 heavy (non-hydrogen) atoms. The molecular formula is C63H60N8O11. The van der Waals surface area contributed by atoms with Crippen LogP contribution in [0.15, 0.2) is 146 Å². The van der Waals surface area contributed by atoms with E-state index in [-0.39, 0.29) is 56.6 Å². The number of amides is 4. The highest BCUT2D eigenvalue weighted by Crippen LogP contribution is 2.67. The standard InChI is InChI=1S/C63H60N8O11/c1-39(2)53(59(74)78-3)64-62(77)70-47-26-24-40(15-14-28-69-48-22-12-11-21-46(48)65-66-69)35-45(47)63(61(70)76)52(58(73)68-31-29-67(30-32-68)37-41-25-27-50-51(36-41)81-38-80-50)55-60(75)82-56(43-18-8-5-9-19-43)54(42-16-6-4-7-17-42)71(55)57(63)44-20-10-13-23-49(44)79-34-33-72/h4-13,16-27,35-36,39,52-57,72H,28-34,37-38H2,1-3H3,(H,64,77)/t52-,53-,54-,55-,56+,57+,63-/m0/s1. The number of nitrogens with one attached hydrogen (secondary N) is 1. The van der Waals surface area contributed by atoms with Crippen LogP contribution in [0.3, 0.4) is 0 Å². The zero-order valence-electron chi connectivity index (χ0n) is 45.4. The van der Waals surface area contributed by atoms with Crippen LogP contribution in [0.1, 0.15) is 65.4 Å². The molecule has 3 fully saturated rings. The van der Waals surface area contributed by atoms with Crippen molar-refractivity contribution in [3.05, 3.63) is 179 Å². The van der Waals surface area contributed by atoms with Crippen LogP contribution in [0.5, 0.6) is 17.2 Å². The van der Waals surface area contributed by atoms with E-state index in [1.807, 2.05) is 108 Å². The summed E-state index contributed by atoms with van der Waals surface area (Å²) < 4.78 is 31.2. The predicted molar refractivity (Wildman–Crippen MR) is 299 cm³/mol. The number of aromatic nitrogens is 3. The van der Waals surface area contributed by atoms with Gasteiger partial charge in [0.1, 0.15) is 48.0 Å². The van der Waals surface area contributed by atoms with Gasteiger partial charge in [0.15, 0.2) is 11.5 Å². The Balaban J connectivity index is 1.08. The number of carbonyl (C=O) groups is 5. The van der Waals surface area contributed by atoms with Crippen LogP contribution in [0.2, 0.25) is 0 Å². The van der Waals surface area contributed by atoms with Crippen molar-refractivity contribution < 1.29 is 52.8 Å². The third kappa shape index (κ3) is 9.41. The summed E-state index contributed by atoms with van der Waals surface area (Å²) in [6, 6.07) is 38.5. The molecule has 7 atom stereocenters. The first-order chi connectivity index (χ1) is 40.0. The molecule has 4 amide bonds. The Morgan fingerprint density at radius 1 is 0.817 bits per heavy atom. The first-order valence-electron chi connectivity index (χ1n) is 27.4. The Labute approximate surface area is 473 Å². The average Bonchev–Trinajstić information content (AvgIpc) is 2.32. The number of benzene rings is 6. The molecule has 6 aromatic carbocycles. The van der Waals surface area contributed by atoms with Gasteiger partial charge in [-0.05, 0) is 76.7 Å². The number of aliphatic hydroxyl groups is 1. The van der Waals surface area contributed by atoms with Crippen LogP contribution < -0.4 is 24.4 Å². The zero-order valence-corrected chi connectivity index (χ0v) is 45.4. The fraction of sp³-hybridized carbons (Fsp3) is 0.317. The molecule has 0 saturated carbocycles. The molecule has 19 heteroatoms. The number of methoxy groups -OCH3 is 1. The third-order valence-electron chi connectivity index (χ3n) is 16.3. The number of rotatable bonds is 13. The van der Waals surface area contributed by atoms with Gasteiger partial charge >= 0.3 is 18.0 Å². The van der Waals surface area contributed by atoms with E-state index < -0.39 is 77.3 Å². The minimum atomic E-state index is -2.17. The lowest BCUT2D eigenvalue weighted by molar-refractivity contribution is -0.179. The second-order valence-corrected chi connectivity index (χ2v) is 21.3. The molecule has 1 spiro atoms. The van der Waals surface area contributed by atoms with Crippen molar-refractivity contribution in [2.45, 2.75) is 62.6 Å². The SMILES string of the molecule is COC(=O)[C@@H](NC(=O)N1C(=O)[C@@]2(c3cc(C#CCn4nnc5ccccc54)ccc31)[C@H](C(=O)N1CCN(Cc3ccc4c(c3)OCO4)CC1)[C@H]1C(=O)O[C@H](c3ccccc3)[C@H](c3ccccc3)N1[C@@H]2c1ccccc1OCCO)C(C)C. The number of urea groups is 1. The maximum Gasteiger partial charge on any atom is 0.329 e. The topological polar surface area (TPSA) is 207 Å². The second kappa shape index (κ2) is 22.4. The summed E-state index contributed by atoms with van der Waals surface area (Å²) in [7, 11) is 1.22. The van der Waals surface area contributed by atoms with E-state index in [9.17, 15) is 9.90 Å². The fourth-order valence-electron chi connectivity index (χ4n) is 12.6. The normalized spacial score (nSPS) is 22.3. The lowest BCUT2D eigenvalue weighted by Crippen LogP contribution is -2.59. The van der Waals surface area contributed by atoms with Gasteiger partial charge in [-0.15, -0.1) is 5.10 Å². The highest BCUT2D eigenvalue weighted by Gasteiger charge is 2.76. The van der Waals surface area contributed by atoms with Crippen LogP contribution in [0.4, 0.5) is 10.5 Å². The number of carbonyl (C=O) groups excluding carboxylic acids is 5. The van der Waals surface area contributed by atoms with Gasteiger partial charge in [0, 0.05) is 43.9 Å². The maximum absolute atomic E-state index is 17.1. The maximum atomic E-state index is 17.1. The van der Waals surface area contributed by atoms with Crippen LogP contribution in [-0.2, 0) is 47.2 Å². The summed E-state index contributed by atoms with van der Waals surface area (Å²) in [5.41, 5.74) is 2.84. The Bertz CT molecular complexity index is 3650. The Morgan fingerprint density at radius 3 is 2.29 bits per heavy atom. The summed E-state index contributed by atoms with van der Waals surface area (Å²) >= 11 is 0. The van der Waals surface area contributed by atoms with Crippen molar-refractivity contribution in [2.24, 2.45) is 11.8 Å². The number of esters is 2. The molecule has 3 saturated heterocycles. The Kier molecular flexibility index (Phi) is 14.7. The Morgan fingerprint density at radius 2 is 1.54 bits per heavy atom. The molecule has 0 radical (unpaired) electrons. The van der Waals surface area contributed by atoms with E-state index in [0.717, 1.165) is 16.0 Å². The van der Waals surface area contributed by atoms with Gasteiger partial charge in [0.2, 0.25) is 18.6 Å². The van der Waals surface area contributed by atoms with Gasteiger partial charge in [-0.25, -0.2) is 19.2 Å². The molecule has 0 unspecified atom stereocenters. The monoisotopic (exact) mass is 1100 g/mol. The lowest BCUT2D eigenvalue weighted by atomic mass is 9.64. The first kappa shape index (κ1) is 53.5. The number of para-hydroxylation sites is 2. The number of nitrogens with zero attached hydrogens (tertiary/aromatic N) is 7. The van der Waals surface area contributed by atoms with Crippen LogP contribution in [0, 0.1) is 23.7 Å². The van der Waals surface area contributed by atoms with Crippen molar-refractivity contribution in [1.29, 1.82) is 0 Å². The summed E-state index contributed by atoms with van der Waals surface area (Å²) in [6.07, 6.45) is -0.988. The summed E-state index contributed by atoms with van der Waals surface area (Å²) in [5, 5.41) is 21.7. The summed E-state index contributed by atoms with van der Waals surface area (Å²) in [4.78, 5) is 85.5. The fourth-order valence-corrected chi connectivity index (χ4v) is 12.6. The van der Waals surface area contributed by atoms with Crippen LogP contribution in [-0.4, -0.2) is 130 Å². The number of cyclic esters (lactones) is 1. The molecule has 5 aliphatic heterocycles. The smallest absolute Gasteiger partial charge is 0.329 e. The number of anilines is 1. The van der Waals surface area contributed by atoms with Gasteiger partial charge in [-0.2, -0.15) is 0 Å². The van der Waals surface area contributed by atoms with Crippen LogP contribution >= 0.6 is 0 Å². The van der Waals surface area contributed by atoms with Gasteiger partial charge in [-0.1, -0.05) is 128 Å². The predicted octanol–water partition coefficient (Wildman–Crippen LogP) is 6.50. The number of aliphatic hydroxyl groups excluding tert-OH is 1. The number of piperazine rings is 1. The second-order valence-electron chi connectivity index (χ2n) is 21.3. The molecule has 2 N–H and O–H groups in total. The Hall–Kier alpha value is -9.09. The van der Waals surface area contributed by atoms with Gasteiger partial charge in [0.25, 0.3) is 0 Å². The molecule has 12 rings (SSSR count). The molecule has 0 bridgehead atoms. The average molecular weight is 1110 g/mol. The summed E-state index contributed by atoms with van der Waals surface area (Å²) in [5.74, 6) is 3.22. The highest BCUT2D eigenvalue weighted by molar-refractivity contribution is 6.25. The number of hydrogen-bond donors (Lipinski definition) is 2. The molecule has 7 aromatic rings. The van der Waals surface area contributed by atoms with Gasteiger partial charge < -0.3 is 39.0 Å². The molecule has 418 valence electrons.